The Labute approximate surface area is 176 Å². The van der Waals surface area contributed by atoms with E-state index < -0.39 is 16.6 Å². The molecule has 1 aromatic rings. The Kier molecular flexibility index (Phi) is 8.19. The Bertz CT molecular complexity index is 664. The lowest BCUT2D eigenvalue weighted by Gasteiger charge is -2.38. The number of nitrogens with zero attached hydrogens (tertiary/aromatic N) is 2. The topological polar surface area (TPSA) is 27.3 Å². The molecule has 0 saturated heterocycles. The van der Waals surface area contributed by atoms with E-state index in [2.05, 4.69) is 117 Å². The third-order valence-electron chi connectivity index (χ3n) is 6.55. The van der Waals surface area contributed by atoms with E-state index in [9.17, 15) is 0 Å². The number of hydrogen-bond acceptors (Lipinski definition) is 2. The summed E-state index contributed by atoms with van der Waals surface area (Å²) < 4.78 is 17.2. The molecule has 1 heterocycles. The maximum Gasteiger partial charge on any atom is 0.192 e. The van der Waals surface area contributed by atoms with E-state index in [1.807, 2.05) is 0 Å². The molecule has 0 aliphatic carbocycles. The summed E-state index contributed by atoms with van der Waals surface area (Å²) in [6.07, 6.45) is 6.36. The van der Waals surface area contributed by atoms with Crippen molar-refractivity contribution in [2.45, 2.75) is 77.8 Å². The van der Waals surface area contributed by atoms with Crippen LogP contribution in [0.1, 0.15) is 41.5 Å². The van der Waals surface area contributed by atoms with E-state index in [0.717, 1.165) is 5.72 Å². The van der Waals surface area contributed by atoms with Crippen LogP contribution in [0.3, 0.4) is 0 Å². The third-order valence-corrected chi connectivity index (χ3v) is 15.5. The van der Waals surface area contributed by atoms with Gasteiger partial charge in [0.25, 0.3) is 0 Å². The van der Waals surface area contributed by atoms with Gasteiger partial charge >= 0.3 is 0 Å². The van der Waals surface area contributed by atoms with Crippen molar-refractivity contribution in [2.24, 2.45) is 14.1 Å². The number of aryl methyl sites for hydroxylation is 2. The SMILES string of the molecule is Cn1cc[n+](C)c1[B-]/C(=C\CO[Si](C)(C)C(C)(C)C)CO[Si](C)(C)C(C)(C)C. The van der Waals surface area contributed by atoms with Crippen LogP contribution in [0.5, 0.6) is 0 Å². The van der Waals surface area contributed by atoms with Gasteiger partial charge in [0.2, 0.25) is 0 Å². The molecule has 0 atom stereocenters. The quantitative estimate of drug-likeness (QED) is 0.466. The summed E-state index contributed by atoms with van der Waals surface area (Å²) in [7, 11) is 2.80. The van der Waals surface area contributed by atoms with Gasteiger partial charge in [-0.2, -0.15) is 0 Å². The van der Waals surface area contributed by atoms with Gasteiger partial charge in [-0.3, -0.25) is 14.6 Å². The number of hydrogen-bond donors (Lipinski definition) is 0. The standard InChI is InChI=1S/C21H43BN2O2Si2/c1-20(2,3)27(9,10)25-16-13-18(17-26-28(11,12)21(4,5)6)22-19-23(7)14-15-24(19)8/h13-15H,16-17H2,1-12H3/b18-13-. The average Bonchev–Trinajstić information content (AvgIpc) is 2.81. The van der Waals surface area contributed by atoms with Gasteiger partial charge in [-0.15, -0.1) is 13.4 Å². The summed E-state index contributed by atoms with van der Waals surface area (Å²) in [5.74, 6) is 0. The first-order valence-corrected chi connectivity index (χ1v) is 16.1. The smallest absolute Gasteiger partial charge is 0.192 e. The van der Waals surface area contributed by atoms with Gasteiger partial charge in [0.1, 0.15) is 12.4 Å². The first-order chi connectivity index (χ1) is 12.5. The molecule has 1 rings (SSSR count). The summed E-state index contributed by atoms with van der Waals surface area (Å²) >= 11 is 0. The molecule has 0 aromatic carbocycles. The second kappa shape index (κ2) is 9.02. The minimum Gasteiger partial charge on any atom is -0.417 e. The van der Waals surface area contributed by atoms with Crippen LogP contribution in [0.2, 0.25) is 36.3 Å². The Morgan fingerprint density at radius 1 is 1.04 bits per heavy atom. The van der Waals surface area contributed by atoms with Crippen molar-refractivity contribution < 1.29 is 13.4 Å². The van der Waals surface area contributed by atoms with E-state index in [1.54, 1.807) is 0 Å². The second-order valence-electron chi connectivity index (χ2n) is 10.9. The Morgan fingerprint density at radius 3 is 1.96 bits per heavy atom. The zero-order chi connectivity index (χ0) is 22.0. The molecule has 160 valence electrons. The predicted octanol–water partition coefficient (Wildman–Crippen LogP) is 4.11. The van der Waals surface area contributed by atoms with Gasteiger partial charge in [-0.1, -0.05) is 41.5 Å². The second-order valence-corrected chi connectivity index (χ2v) is 20.5. The highest BCUT2D eigenvalue weighted by Gasteiger charge is 2.37. The Balaban J connectivity index is 2.98. The molecular weight excluding hydrogens is 379 g/mol. The lowest BCUT2D eigenvalue weighted by molar-refractivity contribution is -0.652. The van der Waals surface area contributed by atoms with E-state index in [0.29, 0.717) is 13.2 Å². The minimum atomic E-state index is -1.81. The Morgan fingerprint density at radius 2 is 1.54 bits per heavy atom. The maximum absolute atomic E-state index is 6.51. The van der Waals surface area contributed by atoms with Crippen molar-refractivity contribution in [2.75, 3.05) is 13.2 Å². The summed E-state index contributed by atoms with van der Waals surface area (Å²) in [4.78, 5) is 0. The summed E-state index contributed by atoms with van der Waals surface area (Å²) in [6, 6.07) is 0. The molecule has 0 spiro atoms. The fraction of sp³-hybridized carbons (Fsp3) is 0.762. The van der Waals surface area contributed by atoms with Crippen molar-refractivity contribution in [3.05, 3.63) is 23.9 Å². The van der Waals surface area contributed by atoms with Crippen LogP contribution in [0, 0.1) is 0 Å². The highest BCUT2D eigenvalue weighted by atomic mass is 28.4. The van der Waals surface area contributed by atoms with Crippen molar-refractivity contribution in [1.29, 1.82) is 0 Å². The van der Waals surface area contributed by atoms with Crippen LogP contribution in [-0.4, -0.2) is 41.7 Å². The molecule has 0 unspecified atom stereocenters. The fourth-order valence-corrected chi connectivity index (χ4v) is 4.08. The van der Waals surface area contributed by atoms with E-state index in [4.69, 9.17) is 8.85 Å². The summed E-state index contributed by atoms with van der Waals surface area (Å²) in [5, 5.41) is 0.415. The molecule has 0 N–H and O–H groups in total. The van der Waals surface area contributed by atoms with Gasteiger partial charge in [0.05, 0.1) is 14.1 Å². The molecule has 0 aliphatic heterocycles. The van der Waals surface area contributed by atoms with Crippen LogP contribution >= 0.6 is 0 Å². The fourth-order valence-electron chi connectivity index (χ4n) is 2.18. The molecule has 0 fully saturated rings. The molecule has 0 bridgehead atoms. The number of aromatic nitrogens is 2. The van der Waals surface area contributed by atoms with Crippen molar-refractivity contribution in [3.63, 3.8) is 0 Å². The zero-order valence-corrected chi connectivity index (χ0v) is 22.4. The molecule has 2 radical (unpaired) electrons. The highest BCUT2D eigenvalue weighted by molar-refractivity contribution is 6.74. The summed E-state index contributed by atoms with van der Waals surface area (Å²) in [5.41, 5.74) is 2.33. The van der Waals surface area contributed by atoms with Crippen LogP contribution in [0.25, 0.3) is 0 Å². The molecule has 7 heteroatoms. The van der Waals surface area contributed by atoms with Crippen LogP contribution < -0.4 is 10.3 Å². The maximum atomic E-state index is 6.51. The van der Waals surface area contributed by atoms with Crippen LogP contribution in [0.4, 0.5) is 0 Å². The van der Waals surface area contributed by atoms with Crippen molar-refractivity contribution in [1.82, 2.24) is 4.57 Å². The van der Waals surface area contributed by atoms with Gasteiger partial charge in [0.15, 0.2) is 16.6 Å². The Hall–Kier alpha value is -0.631. The van der Waals surface area contributed by atoms with Crippen LogP contribution in [0.15, 0.2) is 23.9 Å². The van der Waals surface area contributed by atoms with Gasteiger partial charge < -0.3 is 8.85 Å². The first kappa shape index (κ1) is 25.4. The van der Waals surface area contributed by atoms with Gasteiger partial charge in [-0.05, 0) is 36.3 Å². The summed E-state index contributed by atoms with van der Waals surface area (Å²) in [6.45, 7) is 24.2. The largest absolute Gasteiger partial charge is 0.417 e. The van der Waals surface area contributed by atoms with E-state index in [1.165, 1.54) is 5.47 Å². The van der Waals surface area contributed by atoms with Gasteiger partial charge in [0, 0.05) is 18.9 Å². The highest BCUT2D eigenvalue weighted by Crippen LogP contribution is 2.37. The van der Waals surface area contributed by atoms with E-state index >= 15 is 0 Å². The third kappa shape index (κ3) is 6.71. The van der Waals surface area contributed by atoms with Crippen LogP contribution in [-0.2, 0) is 22.9 Å². The lowest BCUT2D eigenvalue weighted by Crippen LogP contribution is -2.51. The molecule has 28 heavy (non-hydrogen) atoms. The predicted molar refractivity (Wildman–Crippen MR) is 126 cm³/mol. The lowest BCUT2D eigenvalue weighted by atomic mass is 9.68. The molecule has 0 saturated carbocycles. The first-order valence-electron chi connectivity index (χ1n) is 10.3. The zero-order valence-electron chi connectivity index (χ0n) is 20.4. The van der Waals surface area contributed by atoms with Crippen molar-refractivity contribution in [3.8, 4) is 0 Å². The average molecular weight is 423 g/mol. The molecule has 0 amide bonds. The molecule has 0 aliphatic rings. The minimum absolute atomic E-state index is 0.200. The van der Waals surface area contributed by atoms with Crippen molar-refractivity contribution >= 4 is 29.6 Å². The molecule has 4 nitrogen and oxygen atoms in total. The molecular formula is C21H43BN2O2Si2. The van der Waals surface area contributed by atoms with Gasteiger partial charge in [-0.25, -0.2) is 0 Å². The normalized spacial score (nSPS) is 14.6. The number of imidazole rings is 1. The van der Waals surface area contributed by atoms with E-state index in [-0.39, 0.29) is 10.1 Å². The monoisotopic (exact) mass is 422 g/mol. The molecule has 1 aromatic heterocycles. The number of rotatable bonds is 8.